The maximum atomic E-state index is 14.4. The Hall–Kier alpha value is -3.17. The van der Waals surface area contributed by atoms with Gasteiger partial charge in [0, 0.05) is 17.9 Å². The Labute approximate surface area is 189 Å². The highest BCUT2D eigenvalue weighted by atomic mass is 35.5. The molecule has 4 rings (SSSR count). The first-order valence-electron chi connectivity index (χ1n) is 10.0. The van der Waals surface area contributed by atoms with E-state index in [0.29, 0.717) is 47.6 Å². The fourth-order valence-corrected chi connectivity index (χ4v) is 3.81. The molecule has 32 heavy (non-hydrogen) atoms. The molecule has 0 saturated carbocycles. The minimum Gasteiger partial charge on any atom is -0.493 e. The highest BCUT2D eigenvalue weighted by Crippen LogP contribution is 2.36. The summed E-state index contributed by atoms with van der Waals surface area (Å²) in [6, 6.07) is 7.72. The summed E-state index contributed by atoms with van der Waals surface area (Å²) in [4.78, 5) is 20.5. The SMILES string of the molecule is COC(=O)[C@H]1C[C@H](Oc2cc3c(Nc4cccc(Cl)c4F)ncnc3cc2OC)CCN1. The van der Waals surface area contributed by atoms with Gasteiger partial charge in [0.25, 0.3) is 0 Å². The van der Waals surface area contributed by atoms with E-state index in [9.17, 15) is 9.18 Å². The summed E-state index contributed by atoms with van der Waals surface area (Å²) in [6.45, 7) is 0.615. The smallest absolute Gasteiger partial charge is 0.322 e. The third-order valence-electron chi connectivity index (χ3n) is 5.26. The van der Waals surface area contributed by atoms with Crippen LogP contribution in [-0.2, 0) is 9.53 Å². The predicted molar refractivity (Wildman–Crippen MR) is 118 cm³/mol. The van der Waals surface area contributed by atoms with Crippen LogP contribution < -0.4 is 20.1 Å². The van der Waals surface area contributed by atoms with Crippen LogP contribution in [0.25, 0.3) is 10.9 Å². The number of nitrogens with zero attached hydrogens (tertiary/aromatic N) is 2. The third kappa shape index (κ3) is 4.53. The quantitative estimate of drug-likeness (QED) is 0.536. The number of esters is 1. The lowest BCUT2D eigenvalue weighted by molar-refractivity contribution is -0.144. The van der Waals surface area contributed by atoms with Gasteiger partial charge in [-0.05, 0) is 31.2 Å². The van der Waals surface area contributed by atoms with Crippen molar-refractivity contribution >= 4 is 40.0 Å². The van der Waals surface area contributed by atoms with Crippen LogP contribution in [0.4, 0.5) is 15.9 Å². The highest BCUT2D eigenvalue weighted by Gasteiger charge is 2.29. The van der Waals surface area contributed by atoms with E-state index in [2.05, 4.69) is 20.6 Å². The molecule has 1 aromatic heterocycles. The molecular weight excluding hydrogens is 439 g/mol. The van der Waals surface area contributed by atoms with Crippen molar-refractivity contribution in [1.29, 1.82) is 0 Å². The molecule has 1 aliphatic rings. The number of carbonyl (C=O) groups excluding carboxylic acids is 1. The van der Waals surface area contributed by atoms with Gasteiger partial charge in [-0.15, -0.1) is 0 Å². The average molecular weight is 461 g/mol. The second kappa shape index (κ2) is 9.54. The topological polar surface area (TPSA) is 94.6 Å². The molecule has 0 radical (unpaired) electrons. The van der Waals surface area contributed by atoms with Crippen LogP contribution in [0.1, 0.15) is 12.8 Å². The van der Waals surface area contributed by atoms with Crippen LogP contribution in [0, 0.1) is 5.82 Å². The molecule has 0 bridgehead atoms. The van der Waals surface area contributed by atoms with Crippen LogP contribution in [0.5, 0.6) is 11.5 Å². The number of aromatic nitrogens is 2. The summed E-state index contributed by atoms with van der Waals surface area (Å²) >= 11 is 5.89. The number of ether oxygens (including phenoxy) is 3. The van der Waals surface area contributed by atoms with Crippen LogP contribution in [0.15, 0.2) is 36.7 Å². The Morgan fingerprint density at radius 3 is 2.88 bits per heavy atom. The van der Waals surface area contributed by atoms with Crippen molar-refractivity contribution < 1.29 is 23.4 Å². The number of hydrogen-bond acceptors (Lipinski definition) is 8. The van der Waals surface area contributed by atoms with Crippen molar-refractivity contribution in [1.82, 2.24) is 15.3 Å². The number of hydrogen-bond donors (Lipinski definition) is 2. The molecule has 0 aliphatic carbocycles. The minimum atomic E-state index is -0.575. The van der Waals surface area contributed by atoms with Gasteiger partial charge in [0.1, 0.15) is 24.3 Å². The normalized spacial score (nSPS) is 18.2. The van der Waals surface area contributed by atoms with Gasteiger partial charge in [0.2, 0.25) is 0 Å². The minimum absolute atomic E-state index is 0.00474. The highest BCUT2D eigenvalue weighted by molar-refractivity contribution is 6.31. The monoisotopic (exact) mass is 460 g/mol. The fourth-order valence-electron chi connectivity index (χ4n) is 3.63. The van der Waals surface area contributed by atoms with Crippen LogP contribution in [0.2, 0.25) is 5.02 Å². The molecule has 2 aromatic carbocycles. The van der Waals surface area contributed by atoms with Gasteiger partial charge >= 0.3 is 5.97 Å². The van der Waals surface area contributed by atoms with Gasteiger partial charge < -0.3 is 24.8 Å². The van der Waals surface area contributed by atoms with Gasteiger partial charge in [-0.25, -0.2) is 14.4 Å². The summed E-state index contributed by atoms with van der Waals surface area (Å²) in [5, 5.41) is 6.72. The number of benzene rings is 2. The number of halogens is 2. The van der Waals surface area contributed by atoms with Crippen molar-refractivity contribution in [2.45, 2.75) is 25.0 Å². The zero-order chi connectivity index (χ0) is 22.7. The van der Waals surface area contributed by atoms with E-state index in [1.54, 1.807) is 24.3 Å². The predicted octanol–water partition coefficient (Wildman–Crippen LogP) is 3.85. The second-order valence-electron chi connectivity index (χ2n) is 7.26. The zero-order valence-electron chi connectivity index (χ0n) is 17.5. The van der Waals surface area contributed by atoms with E-state index < -0.39 is 11.9 Å². The first kappa shape index (κ1) is 22.0. The van der Waals surface area contributed by atoms with Crippen molar-refractivity contribution in [3.63, 3.8) is 0 Å². The second-order valence-corrected chi connectivity index (χ2v) is 7.67. The van der Waals surface area contributed by atoms with Gasteiger partial charge in [0.05, 0.1) is 30.4 Å². The van der Waals surface area contributed by atoms with Gasteiger partial charge in [-0.1, -0.05) is 17.7 Å². The lowest BCUT2D eigenvalue weighted by Gasteiger charge is -2.29. The molecule has 1 saturated heterocycles. The van der Waals surface area contributed by atoms with Crippen LogP contribution >= 0.6 is 11.6 Å². The first-order chi connectivity index (χ1) is 15.5. The van der Waals surface area contributed by atoms with Crippen LogP contribution in [0.3, 0.4) is 0 Å². The van der Waals surface area contributed by atoms with Gasteiger partial charge in [-0.2, -0.15) is 0 Å². The summed E-state index contributed by atoms with van der Waals surface area (Å²) in [7, 11) is 2.90. The molecule has 0 unspecified atom stereocenters. The van der Waals surface area contributed by atoms with E-state index in [1.807, 2.05) is 0 Å². The van der Waals surface area contributed by atoms with E-state index in [4.69, 9.17) is 25.8 Å². The van der Waals surface area contributed by atoms with Crippen LogP contribution in [-0.4, -0.2) is 48.8 Å². The Morgan fingerprint density at radius 2 is 2.09 bits per heavy atom. The summed E-state index contributed by atoms with van der Waals surface area (Å²) in [6.07, 6.45) is 2.32. The summed E-state index contributed by atoms with van der Waals surface area (Å²) in [5.41, 5.74) is 0.780. The number of fused-ring (bicyclic) bond motifs is 1. The van der Waals surface area contributed by atoms with Gasteiger partial charge in [0.15, 0.2) is 17.3 Å². The average Bonchev–Trinajstić information content (AvgIpc) is 2.81. The zero-order valence-corrected chi connectivity index (χ0v) is 18.3. The first-order valence-corrected chi connectivity index (χ1v) is 10.4. The molecule has 0 spiro atoms. The lowest BCUT2D eigenvalue weighted by Crippen LogP contribution is -2.47. The number of piperidine rings is 1. The van der Waals surface area contributed by atoms with Crippen molar-refractivity contribution in [2.24, 2.45) is 0 Å². The Kier molecular flexibility index (Phi) is 6.57. The van der Waals surface area contributed by atoms with Crippen molar-refractivity contribution in [2.75, 3.05) is 26.1 Å². The molecule has 2 atom stereocenters. The number of anilines is 2. The molecule has 2 heterocycles. The third-order valence-corrected chi connectivity index (χ3v) is 5.55. The van der Waals surface area contributed by atoms with Crippen molar-refractivity contribution in [3.8, 4) is 11.5 Å². The molecule has 8 nitrogen and oxygen atoms in total. The molecule has 1 aliphatic heterocycles. The molecule has 1 fully saturated rings. The van der Waals surface area contributed by atoms with E-state index in [-0.39, 0.29) is 22.8 Å². The van der Waals surface area contributed by atoms with E-state index in [0.717, 1.165) is 0 Å². The van der Waals surface area contributed by atoms with E-state index in [1.165, 1.54) is 26.6 Å². The molecule has 3 aromatic rings. The van der Waals surface area contributed by atoms with Crippen molar-refractivity contribution in [3.05, 3.63) is 47.5 Å². The number of nitrogens with one attached hydrogen (secondary N) is 2. The molecule has 0 amide bonds. The molecule has 168 valence electrons. The molecule has 2 N–H and O–H groups in total. The summed E-state index contributed by atoms with van der Waals surface area (Å²) in [5.74, 6) is 0.451. The summed E-state index contributed by atoms with van der Waals surface area (Å²) < 4.78 is 30.9. The maximum absolute atomic E-state index is 14.4. The Balaban J connectivity index is 1.66. The van der Waals surface area contributed by atoms with E-state index >= 15 is 0 Å². The Morgan fingerprint density at radius 1 is 1.25 bits per heavy atom. The lowest BCUT2D eigenvalue weighted by atomic mass is 10.0. The maximum Gasteiger partial charge on any atom is 0.322 e. The number of methoxy groups -OCH3 is 2. The standard InChI is InChI=1S/C22H22ClFN4O4/c1-30-18-10-16-13(9-19(18)32-12-6-7-25-17(8-12)22(29)31-2)21(27-11-26-16)28-15-5-3-4-14(23)20(15)24/h3-5,9-12,17,25H,6-8H2,1-2H3,(H,26,27,28)/t12-,17-/m1/s1. The molecular formula is C22H22ClFN4O4. The van der Waals surface area contributed by atoms with Gasteiger partial charge in [-0.3, -0.25) is 4.79 Å². The number of carbonyl (C=O) groups is 1. The molecule has 10 heteroatoms. The number of rotatable bonds is 6. The largest absolute Gasteiger partial charge is 0.493 e. The fraction of sp³-hybridized carbons (Fsp3) is 0.318. The Bertz CT molecular complexity index is 1150.